The standard InChI is InChI=1S/C20H25N3O6S2/c1-12-5-7-14-15(9-12)30-19(18(14)20(26)29-4)21-16(24)11-23-10-13(6-8-17(23)25)31(27,28)22(2)3/h6,8,10,12H,5,7,9,11H2,1-4H3,(H,21,24). The SMILES string of the molecule is COC(=O)c1c(NC(=O)Cn2cc(S(=O)(=O)N(C)C)ccc2=O)sc2c1CCC(C)C2. The van der Waals surface area contributed by atoms with Gasteiger partial charge in [0.25, 0.3) is 5.56 Å². The molecule has 1 N–H and O–H groups in total. The number of nitrogens with one attached hydrogen (secondary N) is 1. The predicted molar refractivity (Wildman–Crippen MR) is 117 cm³/mol. The first kappa shape index (κ1) is 23.2. The molecule has 0 radical (unpaired) electrons. The lowest BCUT2D eigenvalue weighted by atomic mass is 9.88. The van der Waals surface area contributed by atoms with Gasteiger partial charge >= 0.3 is 5.97 Å². The molecular weight excluding hydrogens is 442 g/mol. The van der Waals surface area contributed by atoms with Crippen LogP contribution < -0.4 is 10.9 Å². The Balaban J connectivity index is 1.88. The summed E-state index contributed by atoms with van der Waals surface area (Å²) in [4.78, 5) is 38.2. The Bertz CT molecular complexity index is 1180. The molecule has 1 aliphatic carbocycles. The zero-order valence-corrected chi connectivity index (χ0v) is 19.4. The van der Waals surface area contributed by atoms with Gasteiger partial charge in [0.2, 0.25) is 15.9 Å². The highest BCUT2D eigenvalue weighted by molar-refractivity contribution is 7.89. The summed E-state index contributed by atoms with van der Waals surface area (Å²) in [5.41, 5.74) is 0.751. The first-order valence-corrected chi connectivity index (χ1v) is 12.0. The fraction of sp³-hybridized carbons (Fsp3) is 0.450. The lowest BCUT2D eigenvalue weighted by Crippen LogP contribution is -2.29. The Labute approximate surface area is 184 Å². The van der Waals surface area contributed by atoms with Crippen molar-refractivity contribution in [2.45, 2.75) is 37.6 Å². The van der Waals surface area contributed by atoms with Crippen molar-refractivity contribution in [3.8, 4) is 0 Å². The fourth-order valence-corrected chi connectivity index (χ4v) is 5.81. The summed E-state index contributed by atoms with van der Waals surface area (Å²) < 4.78 is 31.6. The molecule has 9 nitrogen and oxygen atoms in total. The quantitative estimate of drug-likeness (QED) is 0.647. The number of anilines is 1. The van der Waals surface area contributed by atoms with Gasteiger partial charge in [0.1, 0.15) is 11.5 Å². The van der Waals surface area contributed by atoms with E-state index in [0.29, 0.717) is 16.5 Å². The van der Waals surface area contributed by atoms with Crippen LogP contribution in [0.5, 0.6) is 0 Å². The zero-order chi connectivity index (χ0) is 22.9. The summed E-state index contributed by atoms with van der Waals surface area (Å²) in [6.45, 7) is 1.75. The van der Waals surface area contributed by atoms with E-state index < -0.39 is 34.0 Å². The van der Waals surface area contributed by atoms with E-state index in [1.807, 2.05) is 0 Å². The Morgan fingerprint density at radius 1 is 1.32 bits per heavy atom. The molecule has 1 atom stereocenters. The highest BCUT2D eigenvalue weighted by Gasteiger charge is 2.29. The van der Waals surface area contributed by atoms with Gasteiger partial charge in [-0.1, -0.05) is 6.92 Å². The molecule has 2 heterocycles. The molecular formula is C20H25N3O6S2. The van der Waals surface area contributed by atoms with Crippen LogP contribution in [-0.2, 0) is 38.9 Å². The minimum Gasteiger partial charge on any atom is -0.465 e. The number of nitrogens with zero attached hydrogens (tertiary/aromatic N) is 2. The molecule has 0 bridgehead atoms. The first-order chi connectivity index (χ1) is 14.5. The van der Waals surface area contributed by atoms with E-state index in [1.165, 1.54) is 38.6 Å². The minimum atomic E-state index is -3.76. The highest BCUT2D eigenvalue weighted by atomic mass is 32.2. The zero-order valence-electron chi connectivity index (χ0n) is 17.8. The van der Waals surface area contributed by atoms with E-state index in [4.69, 9.17) is 4.74 Å². The maximum absolute atomic E-state index is 12.7. The molecule has 1 unspecified atom stereocenters. The van der Waals surface area contributed by atoms with E-state index in [0.717, 1.165) is 50.8 Å². The molecule has 2 aromatic rings. The summed E-state index contributed by atoms with van der Waals surface area (Å²) >= 11 is 1.34. The van der Waals surface area contributed by atoms with Crippen LogP contribution in [0.3, 0.4) is 0 Å². The number of hydrogen-bond donors (Lipinski definition) is 1. The van der Waals surface area contributed by atoms with Crippen molar-refractivity contribution in [3.63, 3.8) is 0 Å². The molecule has 3 rings (SSSR count). The van der Waals surface area contributed by atoms with Gasteiger partial charge in [0.15, 0.2) is 0 Å². The Morgan fingerprint density at radius 2 is 2.03 bits per heavy atom. The third kappa shape index (κ3) is 4.73. The van der Waals surface area contributed by atoms with Crippen LogP contribution in [-0.4, -0.2) is 50.4 Å². The van der Waals surface area contributed by atoms with Crippen molar-refractivity contribution in [1.29, 1.82) is 0 Å². The van der Waals surface area contributed by atoms with Crippen molar-refractivity contribution < 1.29 is 22.7 Å². The fourth-order valence-electron chi connectivity index (χ4n) is 3.47. The number of ether oxygens (including phenoxy) is 1. The van der Waals surface area contributed by atoms with Crippen LogP contribution in [0.4, 0.5) is 5.00 Å². The van der Waals surface area contributed by atoms with Crippen molar-refractivity contribution >= 4 is 38.2 Å². The summed E-state index contributed by atoms with van der Waals surface area (Å²) in [7, 11) is 0.295. The van der Waals surface area contributed by atoms with E-state index in [-0.39, 0.29) is 4.90 Å². The highest BCUT2D eigenvalue weighted by Crippen LogP contribution is 2.40. The molecule has 0 aliphatic heterocycles. The van der Waals surface area contributed by atoms with E-state index in [9.17, 15) is 22.8 Å². The van der Waals surface area contributed by atoms with E-state index >= 15 is 0 Å². The average Bonchev–Trinajstić information content (AvgIpc) is 3.05. The third-order valence-corrected chi connectivity index (χ3v) is 8.17. The summed E-state index contributed by atoms with van der Waals surface area (Å²) in [6, 6.07) is 2.31. The molecule has 1 aliphatic rings. The van der Waals surface area contributed by atoms with Gasteiger partial charge in [-0.2, -0.15) is 0 Å². The lowest BCUT2D eigenvalue weighted by Gasteiger charge is -2.18. The Morgan fingerprint density at radius 3 is 2.68 bits per heavy atom. The molecule has 11 heteroatoms. The van der Waals surface area contributed by atoms with Gasteiger partial charge in [-0.15, -0.1) is 11.3 Å². The topological polar surface area (TPSA) is 115 Å². The van der Waals surface area contributed by atoms with Gasteiger partial charge in [0.05, 0.1) is 17.6 Å². The number of thiophene rings is 1. The molecule has 0 saturated carbocycles. The van der Waals surface area contributed by atoms with Crippen LogP contribution in [0, 0.1) is 5.92 Å². The summed E-state index contributed by atoms with van der Waals surface area (Å²) in [5, 5.41) is 3.10. The second-order valence-corrected chi connectivity index (χ2v) is 11.0. The lowest BCUT2D eigenvalue weighted by molar-refractivity contribution is -0.116. The smallest absolute Gasteiger partial charge is 0.341 e. The number of carbonyl (C=O) groups is 2. The number of esters is 1. The Kier molecular flexibility index (Phi) is 6.68. The number of rotatable bonds is 6. The number of methoxy groups -OCH3 is 1. The molecule has 31 heavy (non-hydrogen) atoms. The second kappa shape index (κ2) is 8.93. The van der Waals surface area contributed by atoms with Gasteiger partial charge in [-0.3, -0.25) is 9.59 Å². The number of aromatic nitrogens is 1. The number of sulfonamides is 1. The monoisotopic (exact) mass is 467 g/mol. The molecule has 0 spiro atoms. The van der Waals surface area contributed by atoms with Crippen molar-refractivity contribution in [2.24, 2.45) is 5.92 Å². The van der Waals surface area contributed by atoms with E-state index in [2.05, 4.69) is 12.2 Å². The van der Waals surface area contributed by atoms with Crippen LogP contribution in [0.15, 0.2) is 28.0 Å². The van der Waals surface area contributed by atoms with Crippen LogP contribution in [0.25, 0.3) is 0 Å². The molecule has 1 amide bonds. The first-order valence-electron chi connectivity index (χ1n) is 9.70. The number of amides is 1. The van der Waals surface area contributed by atoms with Gasteiger partial charge in [-0.05, 0) is 36.8 Å². The third-order valence-electron chi connectivity index (χ3n) is 5.20. The van der Waals surface area contributed by atoms with Gasteiger partial charge in [-0.25, -0.2) is 17.5 Å². The summed E-state index contributed by atoms with van der Waals surface area (Å²) in [6.07, 6.45) is 3.64. The van der Waals surface area contributed by atoms with Gasteiger partial charge < -0.3 is 14.6 Å². The molecule has 2 aromatic heterocycles. The number of carbonyl (C=O) groups excluding carboxylic acids is 2. The van der Waals surface area contributed by atoms with Crippen molar-refractivity contribution in [3.05, 3.63) is 44.7 Å². The maximum Gasteiger partial charge on any atom is 0.341 e. The van der Waals surface area contributed by atoms with Crippen LogP contribution in [0.1, 0.15) is 34.1 Å². The van der Waals surface area contributed by atoms with Crippen molar-refractivity contribution in [2.75, 3.05) is 26.5 Å². The minimum absolute atomic E-state index is 0.0966. The van der Waals surface area contributed by atoms with Gasteiger partial charge in [0, 0.05) is 31.2 Å². The van der Waals surface area contributed by atoms with Crippen LogP contribution in [0.2, 0.25) is 0 Å². The normalized spacial score (nSPS) is 16.1. The number of hydrogen-bond acceptors (Lipinski definition) is 7. The molecule has 0 saturated heterocycles. The number of fused-ring (bicyclic) bond motifs is 1. The largest absolute Gasteiger partial charge is 0.465 e. The van der Waals surface area contributed by atoms with Crippen LogP contribution >= 0.6 is 11.3 Å². The number of pyridine rings is 1. The van der Waals surface area contributed by atoms with Crippen molar-refractivity contribution in [1.82, 2.24) is 8.87 Å². The van der Waals surface area contributed by atoms with E-state index in [1.54, 1.807) is 0 Å². The molecule has 0 aromatic carbocycles. The second-order valence-electron chi connectivity index (χ2n) is 7.71. The maximum atomic E-state index is 12.7. The average molecular weight is 468 g/mol. The molecule has 168 valence electrons. The Hall–Kier alpha value is -2.50. The summed E-state index contributed by atoms with van der Waals surface area (Å²) in [5.74, 6) is -0.572. The predicted octanol–water partition coefficient (Wildman–Crippen LogP) is 1.71. The molecule has 0 fully saturated rings.